The fraction of sp³-hybridized carbons (Fsp3) is 0.667. The number of nitrogens with zero attached hydrogens (tertiary/aromatic N) is 3. The molecule has 8 heteroatoms. The molecule has 1 aliphatic rings. The lowest BCUT2D eigenvalue weighted by atomic mass is 10.3. The molecule has 0 spiro atoms. The van der Waals surface area contributed by atoms with Gasteiger partial charge in [-0.15, -0.1) is 0 Å². The number of hydrogen-bond acceptors (Lipinski definition) is 7. The molecule has 20 heavy (non-hydrogen) atoms. The maximum atomic E-state index is 11.7. The molecule has 0 unspecified atom stereocenters. The van der Waals surface area contributed by atoms with Gasteiger partial charge in [-0.3, -0.25) is 9.69 Å². The standard InChI is InChI=1S/C12H22N6OS/c1-14-11(19)9-10(13)16-20-12(9)15-3-4-18-7-5-17(2)6-8-18/h15H,3-8H2,1-2H3,(H2,13,16)(H,14,19). The topological polar surface area (TPSA) is 86.5 Å². The van der Waals surface area contributed by atoms with Crippen molar-refractivity contribution in [2.24, 2.45) is 0 Å². The summed E-state index contributed by atoms with van der Waals surface area (Å²) in [4.78, 5) is 16.5. The fourth-order valence-corrected chi connectivity index (χ4v) is 2.90. The predicted octanol–water partition coefficient (Wildman–Crippen LogP) is -0.256. The molecular weight excluding hydrogens is 276 g/mol. The van der Waals surface area contributed by atoms with E-state index in [2.05, 4.69) is 31.9 Å². The second kappa shape index (κ2) is 6.87. The van der Waals surface area contributed by atoms with Gasteiger partial charge in [0.2, 0.25) is 0 Å². The van der Waals surface area contributed by atoms with Crippen LogP contribution in [0.4, 0.5) is 10.8 Å². The molecule has 0 radical (unpaired) electrons. The van der Waals surface area contributed by atoms with E-state index in [9.17, 15) is 4.79 Å². The number of nitrogens with two attached hydrogens (primary N) is 1. The van der Waals surface area contributed by atoms with Crippen LogP contribution in [-0.2, 0) is 0 Å². The number of hydrogen-bond donors (Lipinski definition) is 3. The summed E-state index contributed by atoms with van der Waals surface area (Å²) in [5, 5.41) is 6.60. The van der Waals surface area contributed by atoms with E-state index in [1.165, 1.54) is 11.5 Å². The van der Waals surface area contributed by atoms with Crippen molar-refractivity contribution in [3.63, 3.8) is 0 Å². The van der Waals surface area contributed by atoms with Crippen molar-refractivity contribution < 1.29 is 4.79 Å². The van der Waals surface area contributed by atoms with Crippen LogP contribution in [0.5, 0.6) is 0 Å². The molecule has 2 heterocycles. The Kier molecular flexibility index (Phi) is 5.16. The van der Waals surface area contributed by atoms with Crippen molar-refractivity contribution in [2.75, 3.05) is 64.4 Å². The molecule has 0 bridgehead atoms. The van der Waals surface area contributed by atoms with Crippen LogP contribution in [-0.4, -0.2) is 73.4 Å². The maximum absolute atomic E-state index is 11.7. The average Bonchev–Trinajstić information content (AvgIpc) is 2.81. The van der Waals surface area contributed by atoms with E-state index in [0.29, 0.717) is 5.56 Å². The third kappa shape index (κ3) is 3.59. The summed E-state index contributed by atoms with van der Waals surface area (Å²) >= 11 is 1.23. The second-order valence-electron chi connectivity index (χ2n) is 4.92. The lowest BCUT2D eigenvalue weighted by Crippen LogP contribution is -2.45. The molecule has 4 N–H and O–H groups in total. The van der Waals surface area contributed by atoms with Gasteiger partial charge in [0, 0.05) is 46.3 Å². The smallest absolute Gasteiger partial charge is 0.257 e. The van der Waals surface area contributed by atoms with Crippen molar-refractivity contribution in [3.8, 4) is 0 Å². The van der Waals surface area contributed by atoms with Gasteiger partial charge in [0.15, 0.2) is 5.82 Å². The molecule has 1 amide bonds. The van der Waals surface area contributed by atoms with Crippen molar-refractivity contribution in [2.45, 2.75) is 0 Å². The molecule has 1 aromatic rings. The number of piperazine rings is 1. The number of anilines is 2. The number of carbonyl (C=O) groups is 1. The van der Waals surface area contributed by atoms with Crippen LogP contribution < -0.4 is 16.4 Å². The van der Waals surface area contributed by atoms with E-state index < -0.39 is 0 Å². The summed E-state index contributed by atoms with van der Waals surface area (Å²) in [5.74, 6) is 0.0924. The Hall–Kier alpha value is -1.38. The summed E-state index contributed by atoms with van der Waals surface area (Å²) in [6.45, 7) is 6.14. The molecule has 112 valence electrons. The molecule has 0 atom stereocenters. The van der Waals surface area contributed by atoms with Gasteiger partial charge in [0.05, 0.1) is 0 Å². The van der Waals surface area contributed by atoms with Crippen molar-refractivity contribution >= 4 is 28.3 Å². The number of aromatic nitrogens is 1. The summed E-state index contributed by atoms with van der Waals surface area (Å²) in [6.07, 6.45) is 0. The van der Waals surface area contributed by atoms with E-state index in [-0.39, 0.29) is 11.7 Å². The Labute approximate surface area is 123 Å². The SMILES string of the molecule is CNC(=O)c1c(N)nsc1NCCN1CCN(C)CC1. The van der Waals surface area contributed by atoms with Gasteiger partial charge < -0.3 is 21.3 Å². The number of nitrogens with one attached hydrogen (secondary N) is 2. The van der Waals surface area contributed by atoms with Crippen LogP contribution in [0.15, 0.2) is 0 Å². The van der Waals surface area contributed by atoms with Crippen LogP contribution >= 0.6 is 11.5 Å². The molecule has 0 aromatic carbocycles. The first-order valence-corrected chi connectivity index (χ1v) is 7.51. The largest absolute Gasteiger partial charge is 0.382 e. The molecule has 2 rings (SSSR count). The zero-order valence-corrected chi connectivity index (χ0v) is 12.8. The zero-order valence-electron chi connectivity index (χ0n) is 12.0. The summed E-state index contributed by atoms with van der Waals surface area (Å²) in [5.41, 5.74) is 6.18. The molecule has 1 aromatic heterocycles. The number of likely N-dealkylation sites (N-methyl/N-ethyl adjacent to an activating group) is 1. The van der Waals surface area contributed by atoms with Gasteiger partial charge in [-0.1, -0.05) is 0 Å². The number of amides is 1. The Bertz CT molecular complexity index is 455. The highest BCUT2D eigenvalue weighted by atomic mass is 32.1. The first kappa shape index (κ1) is 15.0. The lowest BCUT2D eigenvalue weighted by Gasteiger charge is -2.32. The minimum atomic E-state index is -0.196. The van der Waals surface area contributed by atoms with Crippen LogP contribution in [0.25, 0.3) is 0 Å². The van der Waals surface area contributed by atoms with Crippen LogP contribution in [0.3, 0.4) is 0 Å². The van der Waals surface area contributed by atoms with Crippen molar-refractivity contribution in [3.05, 3.63) is 5.56 Å². The van der Waals surface area contributed by atoms with Crippen molar-refractivity contribution in [1.82, 2.24) is 19.5 Å². The van der Waals surface area contributed by atoms with Gasteiger partial charge in [0.25, 0.3) is 5.91 Å². The molecule has 0 aliphatic carbocycles. The minimum absolute atomic E-state index is 0.196. The van der Waals surface area contributed by atoms with Crippen LogP contribution in [0.1, 0.15) is 10.4 Å². The van der Waals surface area contributed by atoms with Gasteiger partial charge in [0.1, 0.15) is 10.6 Å². The molecule has 1 fully saturated rings. The first-order chi connectivity index (χ1) is 9.61. The fourth-order valence-electron chi connectivity index (χ4n) is 2.17. The second-order valence-corrected chi connectivity index (χ2v) is 5.70. The maximum Gasteiger partial charge on any atom is 0.257 e. The first-order valence-electron chi connectivity index (χ1n) is 6.74. The monoisotopic (exact) mass is 298 g/mol. The number of nitrogen functional groups attached to an aromatic ring is 1. The Balaban J connectivity index is 1.84. The van der Waals surface area contributed by atoms with E-state index in [4.69, 9.17) is 5.73 Å². The Morgan fingerprint density at radius 1 is 1.40 bits per heavy atom. The highest BCUT2D eigenvalue weighted by Gasteiger charge is 2.18. The quantitative estimate of drug-likeness (QED) is 0.694. The van der Waals surface area contributed by atoms with E-state index in [0.717, 1.165) is 44.3 Å². The average molecular weight is 298 g/mol. The normalized spacial score (nSPS) is 17.1. The van der Waals surface area contributed by atoms with Gasteiger partial charge >= 0.3 is 0 Å². The predicted molar refractivity (Wildman–Crippen MR) is 82.3 cm³/mol. The zero-order chi connectivity index (χ0) is 14.5. The summed E-state index contributed by atoms with van der Waals surface area (Å²) < 4.78 is 4.04. The molecule has 7 nitrogen and oxygen atoms in total. The van der Waals surface area contributed by atoms with E-state index in [1.54, 1.807) is 7.05 Å². The molecular formula is C12H22N6OS. The number of rotatable bonds is 5. The lowest BCUT2D eigenvalue weighted by molar-refractivity contribution is 0.0965. The molecule has 1 aliphatic heterocycles. The Morgan fingerprint density at radius 3 is 2.75 bits per heavy atom. The van der Waals surface area contributed by atoms with Crippen LogP contribution in [0.2, 0.25) is 0 Å². The van der Waals surface area contributed by atoms with Gasteiger partial charge in [-0.25, -0.2) is 0 Å². The van der Waals surface area contributed by atoms with E-state index >= 15 is 0 Å². The Morgan fingerprint density at radius 2 is 2.10 bits per heavy atom. The summed E-state index contributed by atoms with van der Waals surface area (Å²) in [7, 11) is 3.73. The molecule has 0 saturated carbocycles. The van der Waals surface area contributed by atoms with Gasteiger partial charge in [-0.2, -0.15) is 4.37 Å². The van der Waals surface area contributed by atoms with E-state index in [1.807, 2.05) is 0 Å². The minimum Gasteiger partial charge on any atom is -0.382 e. The highest BCUT2D eigenvalue weighted by molar-refractivity contribution is 7.11. The number of carbonyl (C=O) groups excluding carboxylic acids is 1. The summed E-state index contributed by atoms with van der Waals surface area (Å²) in [6, 6.07) is 0. The van der Waals surface area contributed by atoms with Crippen molar-refractivity contribution in [1.29, 1.82) is 0 Å². The highest BCUT2D eigenvalue weighted by Crippen LogP contribution is 2.26. The third-order valence-corrected chi connectivity index (χ3v) is 4.30. The van der Waals surface area contributed by atoms with Gasteiger partial charge in [-0.05, 0) is 18.6 Å². The molecule has 1 saturated heterocycles. The third-order valence-electron chi connectivity index (χ3n) is 3.48. The van der Waals surface area contributed by atoms with Crippen LogP contribution in [0, 0.1) is 0 Å².